The molecule has 1 aromatic carbocycles. The topological polar surface area (TPSA) is 98.7 Å². The number of nitrogens with one attached hydrogen (secondary N) is 3. The van der Waals surface area contributed by atoms with Gasteiger partial charge in [0, 0.05) is 63.4 Å². The van der Waals surface area contributed by atoms with Crippen molar-refractivity contribution in [1.29, 1.82) is 0 Å². The van der Waals surface area contributed by atoms with Gasteiger partial charge in [0.25, 0.3) is 0 Å². The number of thiocarbonyl (C=S) groups is 1. The smallest absolute Gasteiger partial charge is 0.418 e. The van der Waals surface area contributed by atoms with Crippen molar-refractivity contribution >= 4 is 48.2 Å². The second-order valence-corrected chi connectivity index (χ2v) is 19.9. The molecular weight excluding hydrogens is 662 g/mol. The van der Waals surface area contributed by atoms with Gasteiger partial charge in [-0.15, -0.1) is 0 Å². The number of halogens is 5. The van der Waals surface area contributed by atoms with Gasteiger partial charge in [-0.3, -0.25) is 0 Å². The lowest BCUT2D eigenvalue weighted by molar-refractivity contribution is -0.136. The number of anilines is 1. The standard InChI is InChI=1S/C31H40F5N5O4SSi/c1-29(2,3)45-28(42)39-17-30(8-9-30)16-38-27(46)40-19-13-21(32)25(22(33)14-19)44-23-7-10-37-26-24(23)20(31(34,35)36)15-41(26)18-43-11-12-47(4,5)6/h7,10,13-15H,8-9,11-12,16-18H2,1-6H3,(H,39,42)(H2,38,40,46). The Balaban J connectivity index is 1.44. The number of rotatable bonds is 12. The molecule has 0 saturated heterocycles. The third kappa shape index (κ3) is 10.2. The summed E-state index contributed by atoms with van der Waals surface area (Å²) in [5.74, 6) is -3.64. The zero-order valence-corrected chi connectivity index (χ0v) is 29.0. The van der Waals surface area contributed by atoms with E-state index in [0.717, 1.165) is 43.3 Å². The number of hydrogen-bond donors (Lipinski definition) is 3. The average molecular weight is 702 g/mol. The quantitative estimate of drug-likeness (QED) is 0.0756. The summed E-state index contributed by atoms with van der Waals surface area (Å²) in [7, 11) is -1.42. The molecule has 0 unspecified atom stereocenters. The largest absolute Gasteiger partial charge is 0.450 e. The Morgan fingerprint density at radius 2 is 1.72 bits per heavy atom. The molecule has 2 heterocycles. The van der Waals surface area contributed by atoms with Crippen molar-refractivity contribution in [3.05, 3.63) is 47.8 Å². The molecule has 1 amide bonds. The minimum atomic E-state index is -4.80. The summed E-state index contributed by atoms with van der Waals surface area (Å²) >= 11 is 5.29. The Labute approximate surface area is 276 Å². The predicted molar refractivity (Wildman–Crippen MR) is 175 cm³/mol. The Bertz CT molecular complexity index is 1590. The first-order valence-electron chi connectivity index (χ1n) is 15.1. The average Bonchev–Trinajstić information content (AvgIpc) is 3.60. The number of alkyl halides is 3. The molecule has 258 valence electrons. The molecule has 2 aromatic heterocycles. The summed E-state index contributed by atoms with van der Waals surface area (Å²) < 4.78 is 90.1. The van der Waals surface area contributed by atoms with Crippen LogP contribution < -0.4 is 20.7 Å². The van der Waals surface area contributed by atoms with Crippen LogP contribution in [-0.4, -0.2) is 54.1 Å². The zero-order valence-electron chi connectivity index (χ0n) is 27.2. The fraction of sp³-hybridized carbons (Fsp3) is 0.516. The lowest BCUT2D eigenvalue weighted by atomic mass is 10.1. The molecule has 0 radical (unpaired) electrons. The van der Waals surface area contributed by atoms with E-state index in [2.05, 4.69) is 40.6 Å². The molecule has 9 nitrogen and oxygen atoms in total. The summed E-state index contributed by atoms with van der Waals surface area (Å²) in [6, 6.07) is 3.77. The van der Waals surface area contributed by atoms with Crippen LogP contribution >= 0.6 is 12.2 Å². The summed E-state index contributed by atoms with van der Waals surface area (Å²) in [6.07, 6.45) is -1.61. The Kier molecular flexibility index (Phi) is 10.8. The van der Waals surface area contributed by atoms with Gasteiger partial charge in [-0.25, -0.2) is 18.6 Å². The molecule has 3 N–H and O–H groups in total. The number of alkyl carbamates (subject to hydrolysis) is 1. The molecule has 1 aliphatic rings. The number of nitrogens with zero attached hydrogens (tertiary/aromatic N) is 2. The third-order valence-electron chi connectivity index (χ3n) is 7.31. The van der Waals surface area contributed by atoms with Crippen LogP contribution in [0.1, 0.15) is 39.2 Å². The summed E-state index contributed by atoms with van der Waals surface area (Å²) in [4.78, 5) is 16.1. The maximum absolute atomic E-state index is 15.2. The molecule has 47 heavy (non-hydrogen) atoms. The fourth-order valence-corrected chi connectivity index (χ4v) is 5.52. The predicted octanol–water partition coefficient (Wildman–Crippen LogP) is 8.03. The van der Waals surface area contributed by atoms with Gasteiger partial charge in [-0.1, -0.05) is 19.6 Å². The van der Waals surface area contributed by atoms with E-state index in [0.29, 0.717) is 19.7 Å². The third-order valence-corrected chi connectivity index (χ3v) is 9.26. The molecule has 3 aromatic rings. The fourth-order valence-electron chi connectivity index (χ4n) is 4.58. The van der Waals surface area contributed by atoms with E-state index in [1.54, 1.807) is 20.8 Å². The van der Waals surface area contributed by atoms with Crippen LogP contribution in [0.4, 0.5) is 32.4 Å². The molecule has 0 atom stereocenters. The van der Waals surface area contributed by atoms with E-state index in [1.807, 2.05) is 0 Å². The molecule has 0 aliphatic heterocycles. The van der Waals surface area contributed by atoms with E-state index in [4.69, 9.17) is 26.4 Å². The molecule has 1 saturated carbocycles. The summed E-state index contributed by atoms with van der Waals surface area (Å²) in [5.41, 5.74) is -2.08. The van der Waals surface area contributed by atoms with Crippen molar-refractivity contribution < 1.29 is 41.0 Å². The maximum atomic E-state index is 15.2. The second-order valence-electron chi connectivity index (χ2n) is 13.9. The van der Waals surface area contributed by atoms with Gasteiger partial charge in [0.05, 0.1) is 10.9 Å². The molecule has 1 aliphatic carbocycles. The number of pyridine rings is 1. The van der Waals surface area contributed by atoms with E-state index >= 15 is 8.78 Å². The van der Waals surface area contributed by atoms with Gasteiger partial charge in [-0.05, 0) is 57.9 Å². The van der Waals surface area contributed by atoms with Crippen molar-refractivity contribution in [2.75, 3.05) is 25.0 Å². The Hall–Kier alpha value is -3.50. The van der Waals surface area contributed by atoms with Crippen molar-refractivity contribution in [3.8, 4) is 11.5 Å². The minimum absolute atomic E-state index is 0.0425. The van der Waals surface area contributed by atoms with E-state index in [1.165, 1.54) is 10.8 Å². The Morgan fingerprint density at radius 3 is 2.30 bits per heavy atom. The highest BCUT2D eigenvalue weighted by Crippen LogP contribution is 2.44. The summed E-state index contributed by atoms with van der Waals surface area (Å²) in [5, 5.41) is 8.08. The highest BCUT2D eigenvalue weighted by molar-refractivity contribution is 7.80. The molecular formula is C31H40F5N5O4SSi. The van der Waals surface area contributed by atoms with Crippen LogP contribution in [0, 0.1) is 17.0 Å². The first-order chi connectivity index (χ1) is 21.8. The summed E-state index contributed by atoms with van der Waals surface area (Å²) in [6.45, 7) is 12.7. The van der Waals surface area contributed by atoms with Crippen LogP contribution in [0.3, 0.4) is 0 Å². The monoisotopic (exact) mass is 701 g/mol. The normalized spacial score (nSPS) is 14.5. The number of carbonyl (C=O) groups is 1. The second kappa shape index (κ2) is 13.9. The van der Waals surface area contributed by atoms with Gasteiger partial charge >= 0.3 is 12.3 Å². The van der Waals surface area contributed by atoms with Crippen molar-refractivity contribution in [2.24, 2.45) is 5.41 Å². The first-order valence-corrected chi connectivity index (χ1v) is 19.2. The minimum Gasteiger partial charge on any atom is -0.450 e. The van der Waals surface area contributed by atoms with Crippen LogP contribution in [0.2, 0.25) is 25.7 Å². The van der Waals surface area contributed by atoms with Crippen molar-refractivity contribution in [3.63, 3.8) is 0 Å². The highest BCUT2D eigenvalue weighted by Gasteiger charge is 2.43. The van der Waals surface area contributed by atoms with E-state index in [-0.39, 0.29) is 28.6 Å². The number of carbonyl (C=O) groups excluding carboxylic acids is 1. The van der Waals surface area contributed by atoms with Gasteiger partial charge in [0.2, 0.25) is 0 Å². The first kappa shape index (κ1) is 36.3. The van der Waals surface area contributed by atoms with Crippen molar-refractivity contribution in [2.45, 2.75) is 77.8 Å². The van der Waals surface area contributed by atoms with Crippen LogP contribution in [0.15, 0.2) is 30.6 Å². The van der Waals surface area contributed by atoms with Crippen molar-refractivity contribution in [1.82, 2.24) is 20.2 Å². The van der Waals surface area contributed by atoms with Gasteiger partial charge in [0.1, 0.15) is 23.7 Å². The van der Waals surface area contributed by atoms with Crippen LogP contribution in [0.25, 0.3) is 11.0 Å². The molecule has 0 bridgehead atoms. The molecule has 1 fully saturated rings. The maximum Gasteiger partial charge on any atom is 0.418 e. The highest BCUT2D eigenvalue weighted by atomic mass is 32.1. The van der Waals surface area contributed by atoms with E-state index < -0.39 is 60.0 Å². The number of aromatic nitrogens is 2. The lowest BCUT2D eigenvalue weighted by Crippen LogP contribution is -2.41. The molecule has 4 rings (SSSR count). The number of fused-ring (bicyclic) bond motifs is 1. The van der Waals surface area contributed by atoms with Gasteiger partial charge in [0.15, 0.2) is 22.5 Å². The lowest BCUT2D eigenvalue weighted by Gasteiger charge is -2.22. The Morgan fingerprint density at radius 1 is 1.09 bits per heavy atom. The number of hydrogen-bond acceptors (Lipinski definition) is 6. The van der Waals surface area contributed by atoms with Gasteiger partial charge < -0.3 is 34.7 Å². The zero-order chi connectivity index (χ0) is 34.8. The van der Waals surface area contributed by atoms with Crippen LogP contribution in [0.5, 0.6) is 11.5 Å². The molecule has 0 spiro atoms. The SMILES string of the molecule is CC(C)(C)OC(=O)NCC1(CNC(=S)Nc2cc(F)c(Oc3ccnc4c3c(C(F)(F)F)cn4COCC[Si](C)(C)C)c(F)c2)CC1. The number of benzene rings is 1. The number of amides is 1. The number of ether oxygens (including phenoxy) is 3. The molecule has 16 heteroatoms. The van der Waals surface area contributed by atoms with Gasteiger partial charge in [-0.2, -0.15) is 13.2 Å². The van der Waals surface area contributed by atoms with Crippen LogP contribution in [-0.2, 0) is 22.4 Å². The van der Waals surface area contributed by atoms with E-state index in [9.17, 15) is 18.0 Å².